The molecule has 10 nitrogen and oxygen atoms in total. The predicted octanol–water partition coefficient (Wildman–Crippen LogP) is 8.43. The van der Waals surface area contributed by atoms with Crippen LogP contribution >= 0.6 is 56.0 Å². The number of aryl methyl sites for hydroxylation is 2. The molecule has 0 N–H and O–H groups in total. The van der Waals surface area contributed by atoms with Crippen molar-refractivity contribution < 1.29 is 34.1 Å². The Morgan fingerprint density at radius 1 is 0.297 bits per heavy atom. The summed E-state index contributed by atoms with van der Waals surface area (Å²) < 4.78 is 73.1. The number of hydrogen-bond acceptors (Lipinski definition) is 6. The summed E-state index contributed by atoms with van der Waals surface area (Å²) in [5.74, 6) is 7.67. The summed E-state index contributed by atoms with van der Waals surface area (Å²) in [6.45, 7) is 5.07. The summed E-state index contributed by atoms with van der Waals surface area (Å²) in [5.41, 5.74) is 33.2. The normalized spacial score (nSPS) is 17.5. The average Bonchev–Trinajstić information content (AvgIpc) is 1.36. The van der Waals surface area contributed by atoms with Gasteiger partial charge >= 0.3 is 430 Å². The van der Waals surface area contributed by atoms with E-state index >= 15 is 0 Å². The molecular weight excluding hydrogens is 1850 g/mol. The van der Waals surface area contributed by atoms with Crippen molar-refractivity contribution in [3.63, 3.8) is 0 Å². The zero-order valence-corrected chi connectivity index (χ0v) is 75.4. The molecule has 4 bridgehead atoms. The summed E-state index contributed by atoms with van der Waals surface area (Å²) in [6.07, 6.45) is 0.360. The second kappa shape index (κ2) is 25.3. The van der Waals surface area contributed by atoms with Gasteiger partial charge in [-0.1, -0.05) is 115 Å². The van der Waals surface area contributed by atoms with Crippen LogP contribution < -0.4 is 105 Å². The number of rotatable bonds is 4. The maximum atomic E-state index is 14.1. The monoisotopic (exact) mass is 1910 g/mol. The maximum absolute atomic E-state index is 14.1. The van der Waals surface area contributed by atoms with Crippen LogP contribution in [0.4, 0.5) is 5.72 Å². The van der Waals surface area contributed by atoms with Crippen LogP contribution in [-0.2, 0) is 0 Å². The molecule has 0 spiro atoms. The van der Waals surface area contributed by atoms with Crippen molar-refractivity contribution in [3.05, 3.63) is 327 Å². The van der Waals surface area contributed by atoms with Gasteiger partial charge in [0, 0.05) is 44.0 Å². The smallest absolute Gasteiger partial charge is 1.00 e. The van der Waals surface area contributed by atoms with Crippen LogP contribution in [0.25, 0.3) is 110 Å². The fourth-order valence-electron chi connectivity index (χ4n) is 28.9. The van der Waals surface area contributed by atoms with E-state index in [0.717, 1.165) is 83.3 Å². The minimum atomic E-state index is -2.32. The number of fused-ring (bicyclic) bond motifs is 28. The number of ether oxygens (including phenoxy) is 4. The summed E-state index contributed by atoms with van der Waals surface area (Å²) in [7, 11) is 0.245. The molecule has 16 aliphatic rings. The van der Waals surface area contributed by atoms with Gasteiger partial charge in [0.1, 0.15) is 23.0 Å². The Kier molecular flexibility index (Phi) is 14.7. The molecule has 0 radical (unpaired) electrons. The van der Waals surface area contributed by atoms with Crippen LogP contribution in [0, 0.1) is 13.8 Å². The molecule has 0 unspecified atom stereocenters. The van der Waals surface area contributed by atoms with E-state index in [2.05, 4.69) is 348 Å². The Hall–Kier alpha value is -11.7. The number of para-hydroxylation sites is 9. The summed E-state index contributed by atoms with van der Waals surface area (Å²) in [4.78, 5) is 0. The number of hydrogen-bond donors (Lipinski definition) is 0. The van der Waals surface area contributed by atoms with Gasteiger partial charge in [0.25, 0.3) is 13.4 Å². The second-order valence-electron chi connectivity index (χ2n) is 38.2. The molecule has 36 rings (SSSR count). The quantitative estimate of drug-likeness (QED) is 0.0768. The third kappa shape index (κ3) is 8.47. The van der Waals surface area contributed by atoms with Crippen LogP contribution in [0.3, 0.4) is 0 Å². The van der Waals surface area contributed by atoms with Crippen molar-refractivity contribution >= 4 is 298 Å². The van der Waals surface area contributed by atoms with Gasteiger partial charge in [0.05, 0.1) is 11.0 Å². The number of aromatic nitrogens is 4. The summed E-state index contributed by atoms with van der Waals surface area (Å²) in [5, 5.41) is 13.4. The molecule has 4 aromatic heterocycles. The maximum Gasteiger partial charge on any atom is -1.00 e. The molecule has 20 heterocycles. The molecule has 600 valence electrons. The third-order valence-corrected chi connectivity index (χ3v) is 56.7. The molecule has 30 heteroatoms. The third-order valence-electron chi connectivity index (χ3n) is 34.1. The minimum Gasteiger partial charge on any atom is -1.00 e. The Morgan fingerprint density at radius 3 is 1.13 bits per heavy atom. The van der Waals surface area contributed by atoms with Crippen LogP contribution in [0.2, 0.25) is 0 Å². The van der Waals surface area contributed by atoms with Crippen molar-refractivity contribution in [3.8, 4) is 68.7 Å². The van der Waals surface area contributed by atoms with Crippen molar-refractivity contribution in [2.75, 3.05) is 0 Å². The van der Waals surface area contributed by atoms with E-state index in [0.29, 0.717) is 0 Å². The average molecular weight is 1910 g/mol. The second-order valence-corrected chi connectivity index (χ2v) is 52.4. The van der Waals surface area contributed by atoms with E-state index in [1.807, 2.05) is 0 Å². The zero-order chi connectivity index (χ0) is 82.2. The standard InChI is InChI=1S/2C25H16BNO.2C24H15B5FIN2OP.2FH/c1-15-7-4-8-16-17-9-5-11-19-25(17)27(24(15)16)20-12-6-14-22-23(20)26(19)18-10-2-3-13-21(18)28-22;1-15-12-13-16-17-6-4-8-19-25(17)27(21(16)14-15)20-9-5-11-23-24(20)26(19)18-7-2-3-10-22(18)28-23;30-31-32-35(27-25-28(35)29(27)35)21-13-12-16-24-22(21)14-6-1-3-8-17(14)33(24)18-9-5-11-20-23(18)26(16)15-7-2-4-10-19(15)34-20;30-31-32-35(27-25-28(35)29(27)35)14-11-12-19-16(13-14)15-5-3-7-18-24(15)33(19)20-8-4-10-22-23(20)26(18)17-6-1-2-9-21(17)34-22;;/h2*2-14H,1H3;2*1-13H,25H2;2*1H/q;;2*-1;;/p-2. The molecule has 0 atom stereocenters. The van der Waals surface area contributed by atoms with E-state index in [-0.39, 0.29) is 50.4 Å². The first-order chi connectivity index (χ1) is 62.2. The van der Waals surface area contributed by atoms with Gasteiger partial charge in [0.15, 0.2) is 0 Å². The Bertz CT molecular complexity index is 8720. The van der Waals surface area contributed by atoms with E-state index < -0.39 is 56.0 Å². The molecule has 128 heavy (non-hydrogen) atoms. The first-order valence-corrected chi connectivity index (χ1v) is 53.0. The molecule has 0 saturated carbocycles. The topological polar surface area (TPSA) is 81.4 Å². The van der Waals surface area contributed by atoms with Gasteiger partial charge in [-0.25, -0.2) is 0 Å². The van der Waals surface area contributed by atoms with Gasteiger partial charge in [-0.05, 0) is 100 Å². The van der Waals surface area contributed by atoms with E-state index in [1.54, 1.807) is 0 Å². The van der Waals surface area contributed by atoms with Gasteiger partial charge < -0.3 is 28.0 Å². The zero-order valence-electron chi connectivity index (χ0n) is 69.3. The van der Waals surface area contributed by atoms with Gasteiger partial charge in [-0.15, -0.1) is 0 Å². The number of nitrogens with zero attached hydrogens (tertiary/aromatic N) is 6. The largest absolute Gasteiger partial charge is 1.00 e. The predicted molar refractivity (Wildman–Crippen MR) is 557 cm³/mol. The summed E-state index contributed by atoms with van der Waals surface area (Å²) in [6, 6.07) is 114. The van der Waals surface area contributed by atoms with Gasteiger partial charge in [0.2, 0.25) is 0 Å². The van der Waals surface area contributed by atoms with E-state index in [1.165, 1.54) is 197 Å². The SMILES string of the molecule is Cc1ccc2c3cccc4c3n(c2c1)-c1cccc2c1B4c1ccccc1O2.Cc1cccc2c3cccc4c3n(c12)-c1cccc2c1B4c1ccccc1O2.FI=NP12(c3ccc4c(c3)c3cccc5c3n4-c3cccc4c3B5c3ccccc3O4)B3[BH2-]B1B32.FI=NP12(c3ccc4c5c3c3ccccc3n5-c3cccc5c3B4c3ccccc3O5)B3[BH2-]B1B32.[F-].[F-]. The molecule has 0 aliphatic carbocycles. The molecule has 16 aliphatic heterocycles. The van der Waals surface area contributed by atoms with Gasteiger partial charge in [-0.2, -0.15) is 0 Å². The summed E-state index contributed by atoms with van der Waals surface area (Å²) >= 11 is -3.05. The van der Waals surface area contributed by atoms with E-state index in [9.17, 15) is 5.72 Å². The van der Waals surface area contributed by atoms with Crippen LogP contribution in [0.5, 0.6) is 46.0 Å². The first-order valence-electron chi connectivity index (χ1n) is 44.7. The molecule has 8 fully saturated rings. The fraction of sp³-hybridized carbons (Fsp3) is 0.0204. The Labute approximate surface area is 758 Å². The number of halogens is 6. The van der Waals surface area contributed by atoms with Crippen molar-refractivity contribution in [1.82, 2.24) is 18.3 Å². The Balaban J connectivity index is 0.0000000846. The molecule has 20 aromatic rings. The fourth-order valence-corrected chi connectivity index (χ4v) is 57.6. The molecular formula is C98H62B12F4I2N6O4P2-4. The first kappa shape index (κ1) is 74.3. The molecule has 16 aromatic carbocycles. The number of benzene rings is 16. The van der Waals surface area contributed by atoms with Gasteiger partial charge in [-0.3, -0.25) is 0 Å². The van der Waals surface area contributed by atoms with Crippen LogP contribution in [0.15, 0.2) is 321 Å². The van der Waals surface area contributed by atoms with Crippen LogP contribution in [0.1, 0.15) is 11.1 Å². The van der Waals surface area contributed by atoms with Crippen molar-refractivity contribution in [2.24, 2.45) is 5.83 Å². The molecule has 0 amide bonds. The van der Waals surface area contributed by atoms with Crippen LogP contribution in [-0.4, -0.2) is 96.5 Å². The van der Waals surface area contributed by atoms with Crippen molar-refractivity contribution in [1.29, 1.82) is 0 Å². The molecule has 8 saturated heterocycles. The van der Waals surface area contributed by atoms with E-state index in [4.69, 9.17) is 24.8 Å². The minimum absolute atomic E-state index is 0. The Morgan fingerprint density at radius 2 is 0.656 bits per heavy atom. The van der Waals surface area contributed by atoms with Crippen molar-refractivity contribution in [2.45, 2.75) is 13.8 Å².